The molecule has 0 aliphatic rings. The van der Waals surface area contributed by atoms with E-state index in [1.807, 2.05) is 24.3 Å². The van der Waals surface area contributed by atoms with Crippen molar-refractivity contribution in [3.8, 4) is 28.3 Å². The molecule has 0 aliphatic carbocycles. The second kappa shape index (κ2) is 10.1. The van der Waals surface area contributed by atoms with Crippen LogP contribution in [0.15, 0.2) is 164 Å². The number of hydrogen-bond acceptors (Lipinski definition) is 2. The highest BCUT2D eigenvalue weighted by molar-refractivity contribution is 6.24. The van der Waals surface area contributed by atoms with E-state index in [0.29, 0.717) is 0 Å². The molecule has 47 heavy (non-hydrogen) atoms. The van der Waals surface area contributed by atoms with Gasteiger partial charge in [-0.05, 0) is 68.7 Å². The summed E-state index contributed by atoms with van der Waals surface area (Å²) < 4.78 is 2.39. The Labute approximate surface area is 271 Å². The predicted octanol–water partition coefficient (Wildman–Crippen LogP) is 11.5. The zero-order chi connectivity index (χ0) is 30.9. The Morgan fingerprint density at radius 1 is 0.383 bits per heavy atom. The molecule has 10 aromatic rings. The highest BCUT2D eigenvalue weighted by Gasteiger charge is 2.17. The van der Waals surface area contributed by atoms with Crippen LogP contribution in [0.5, 0.6) is 0 Å². The molecule has 0 saturated heterocycles. The van der Waals surface area contributed by atoms with E-state index in [1.165, 1.54) is 54.1 Å². The van der Waals surface area contributed by atoms with Crippen molar-refractivity contribution >= 4 is 65.0 Å². The lowest BCUT2D eigenvalue weighted by molar-refractivity contribution is 1.17. The van der Waals surface area contributed by atoms with Gasteiger partial charge in [-0.25, -0.2) is 9.97 Å². The van der Waals surface area contributed by atoms with Crippen molar-refractivity contribution < 1.29 is 0 Å². The molecule has 0 aliphatic heterocycles. The van der Waals surface area contributed by atoms with Crippen LogP contribution in [0.4, 0.5) is 0 Å². The maximum atomic E-state index is 5.15. The summed E-state index contributed by atoms with van der Waals surface area (Å²) in [5.74, 6) is 0.724. The molecule has 0 saturated carbocycles. The molecule has 8 aromatic carbocycles. The first-order chi connectivity index (χ1) is 23.3. The smallest absolute Gasteiger partial charge is 0.160 e. The first-order valence-corrected chi connectivity index (χ1v) is 16.0. The van der Waals surface area contributed by atoms with Crippen LogP contribution >= 0.6 is 0 Å². The lowest BCUT2D eigenvalue weighted by Gasteiger charge is -2.13. The summed E-state index contributed by atoms with van der Waals surface area (Å²) >= 11 is 0. The summed E-state index contributed by atoms with van der Waals surface area (Å²) in [4.78, 5) is 10.2. The number of nitrogens with zero attached hydrogens (tertiary/aromatic N) is 3. The molecule has 3 nitrogen and oxygen atoms in total. The number of rotatable bonds is 3. The molecule has 3 heteroatoms. The molecule has 0 N–H and O–H groups in total. The molecule has 10 rings (SSSR count). The fourth-order valence-electron chi connectivity index (χ4n) is 7.36. The van der Waals surface area contributed by atoms with E-state index in [2.05, 4.69) is 144 Å². The van der Waals surface area contributed by atoms with Crippen LogP contribution in [0.3, 0.4) is 0 Å². The Hall–Kier alpha value is -6.32. The van der Waals surface area contributed by atoms with Crippen LogP contribution in [-0.4, -0.2) is 14.5 Å². The van der Waals surface area contributed by atoms with Gasteiger partial charge in [-0.1, -0.05) is 127 Å². The summed E-state index contributed by atoms with van der Waals surface area (Å²) in [5.41, 5.74) is 7.36. The Balaban J connectivity index is 1.27. The van der Waals surface area contributed by atoms with Crippen LogP contribution in [0, 0.1) is 0 Å². The first kappa shape index (κ1) is 26.0. The van der Waals surface area contributed by atoms with Gasteiger partial charge in [0.2, 0.25) is 0 Å². The summed E-state index contributed by atoms with van der Waals surface area (Å²) in [6, 6.07) is 58.5. The standard InChI is InChI=1S/C44H27N3/c1-3-12-30(13-4-1)43-36-24-23-33(26-39(36)45-44(46-43)31-14-5-2-6-15-31)47-40-18-10-9-17-35(40)38-27-37-32(25-41(38)47)22-21-29-20-19-28-11-7-8-16-34(28)42(29)37/h1-27H. The zero-order valence-electron chi connectivity index (χ0n) is 25.4. The van der Waals surface area contributed by atoms with Crippen LogP contribution in [0.1, 0.15) is 0 Å². The predicted molar refractivity (Wildman–Crippen MR) is 197 cm³/mol. The van der Waals surface area contributed by atoms with Crippen molar-refractivity contribution in [3.05, 3.63) is 164 Å². The summed E-state index contributed by atoms with van der Waals surface area (Å²) in [7, 11) is 0. The third-order valence-corrected chi connectivity index (χ3v) is 9.53. The van der Waals surface area contributed by atoms with Crippen LogP contribution in [0.2, 0.25) is 0 Å². The second-order valence-corrected chi connectivity index (χ2v) is 12.2. The molecule has 0 spiro atoms. The third-order valence-electron chi connectivity index (χ3n) is 9.53. The summed E-state index contributed by atoms with van der Waals surface area (Å²) in [6.45, 7) is 0. The molecule has 0 bridgehead atoms. The van der Waals surface area contributed by atoms with E-state index in [4.69, 9.17) is 9.97 Å². The Kier molecular flexibility index (Phi) is 5.57. The van der Waals surface area contributed by atoms with Crippen LogP contribution in [-0.2, 0) is 0 Å². The van der Waals surface area contributed by atoms with Crippen LogP contribution in [0.25, 0.3) is 93.4 Å². The largest absolute Gasteiger partial charge is 0.309 e. The Morgan fingerprint density at radius 2 is 1.06 bits per heavy atom. The van der Waals surface area contributed by atoms with Gasteiger partial charge in [0, 0.05) is 33.0 Å². The molecular weight excluding hydrogens is 571 g/mol. The maximum absolute atomic E-state index is 5.15. The van der Waals surface area contributed by atoms with Crippen molar-refractivity contribution in [2.24, 2.45) is 0 Å². The number of para-hydroxylation sites is 1. The van der Waals surface area contributed by atoms with E-state index < -0.39 is 0 Å². The van der Waals surface area contributed by atoms with Gasteiger partial charge < -0.3 is 4.57 Å². The van der Waals surface area contributed by atoms with E-state index in [-0.39, 0.29) is 0 Å². The molecule has 0 radical (unpaired) electrons. The first-order valence-electron chi connectivity index (χ1n) is 16.0. The van der Waals surface area contributed by atoms with Gasteiger partial charge in [0.25, 0.3) is 0 Å². The maximum Gasteiger partial charge on any atom is 0.160 e. The van der Waals surface area contributed by atoms with Gasteiger partial charge in [0.1, 0.15) is 0 Å². The van der Waals surface area contributed by atoms with E-state index >= 15 is 0 Å². The van der Waals surface area contributed by atoms with Crippen molar-refractivity contribution in [2.75, 3.05) is 0 Å². The van der Waals surface area contributed by atoms with E-state index in [1.54, 1.807) is 0 Å². The van der Waals surface area contributed by atoms with Gasteiger partial charge in [0.15, 0.2) is 5.82 Å². The fourth-order valence-corrected chi connectivity index (χ4v) is 7.36. The second-order valence-electron chi connectivity index (χ2n) is 12.2. The topological polar surface area (TPSA) is 30.7 Å². The van der Waals surface area contributed by atoms with Gasteiger partial charge in [-0.3, -0.25) is 0 Å². The van der Waals surface area contributed by atoms with Gasteiger partial charge in [-0.15, -0.1) is 0 Å². The minimum atomic E-state index is 0.724. The minimum absolute atomic E-state index is 0.724. The Bertz CT molecular complexity index is 2830. The SMILES string of the molecule is c1ccc(-c2nc(-c3ccccc3)c3ccc(-n4c5ccccc5c5cc6c(ccc7ccc8ccccc8c76)cc54)cc3n2)cc1. The average Bonchev–Trinajstić information content (AvgIpc) is 3.46. The molecule has 0 atom stereocenters. The summed E-state index contributed by atoms with van der Waals surface area (Å²) in [6.07, 6.45) is 0. The van der Waals surface area contributed by atoms with Gasteiger partial charge >= 0.3 is 0 Å². The monoisotopic (exact) mass is 597 g/mol. The molecule has 0 fully saturated rings. The van der Waals surface area contributed by atoms with Crippen LogP contribution < -0.4 is 0 Å². The third kappa shape index (κ3) is 4.00. The molecule has 2 aromatic heterocycles. The molecule has 2 heterocycles. The minimum Gasteiger partial charge on any atom is -0.309 e. The number of aromatic nitrogens is 3. The zero-order valence-corrected chi connectivity index (χ0v) is 25.4. The number of fused-ring (bicyclic) bond motifs is 9. The quantitative estimate of drug-likeness (QED) is 0.190. The van der Waals surface area contributed by atoms with Crippen molar-refractivity contribution in [1.29, 1.82) is 0 Å². The summed E-state index contributed by atoms with van der Waals surface area (Å²) in [5, 5.41) is 11.1. The lowest BCUT2D eigenvalue weighted by atomic mass is 9.95. The van der Waals surface area contributed by atoms with Gasteiger partial charge in [0.05, 0.1) is 22.2 Å². The van der Waals surface area contributed by atoms with E-state index in [9.17, 15) is 0 Å². The van der Waals surface area contributed by atoms with Crippen molar-refractivity contribution in [1.82, 2.24) is 14.5 Å². The normalized spacial score (nSPS) is 11.8. The number of hydrogen-bond donors (Lipinski definition) is 0. The highest BCUT2D eigenvalue weighted by Crippen LogP contribution is 2.40. The van der Waals surface area contributed by atoms with Crippen molar-refractivity contribution in [3.63, 3.8) is 0 Å². The van der Waals surface area contributed by atoms with Crippen molar-refractivity contribution in [2.45, 2.75) is 0 Å². The highest BCUT2D eigenvalue weighted by atomic mass is 15.0. The Morgan fingerprint density at radius 3 is 1.89 bits per heavy atom. The molecule has 218 valence electrons. The lowest BCUT2D eigenvalue weighted by Crippen LogP contribution is -1.98. The molecular formula is C44H27N3. The van der Waals surface area contributed by atoms with Gasteiger partial charge in [-0.2, -0.15) is 0 Å². The molecule has 0 unspecified atom stereocenters. The van der Waals surface area contributed by atoms with E-state index in [0.717, 1.165) is 39.2 Å². The fraction of sp³-hybridized carbons (Fsp3) is 0. The molecule has 0 amide bonds. The number of benzene rings is 8. The average molecular weight is 598 g/mol.